The van der Waals surface area contributed by atoms with E-state index in [1.807, 2.05) is 6.07 Å². The van der Waals surface area contributed by atoms with Gasteiger partial charge >= 0.3 is 0 Å². The second-order valence-electron chi connectivity index (χ2n) is 12.9. The minimum atomic E-state index is 0.317. The number of benzene rings is 6. The van der Waals surface area contributed by atoms with E-state index in [-0.39, 0.29) is 0 Å². The molecule has 0 heterocycles. The van der Waals surface area contributed by atoms with E-state index in [4.69, 9.17) is 4.99 Å². The van der Waals surface area contributed by atoms with E-state index in [2.05, 4.69) is 187 Å². The third-order valence-corrected chi connectivity index (χ3v) is 8.82. The lowest BCUT2D eigenvalue weighted by Gasteiger charge is -2.18. The van der Waals surface area contributed by atoms with Crippen LogP contribution in [0.2, 0.25) is 0 Å². The Morgan fingerprint density at radius 3 is 1.58 bits per heavy atom. The Balaban J connectivity index is 1.58. The van der Waals surface area contributed by atoms with E-state index < -0.39 is 0 Å². The maximum atomic E-state index is 5.28. The number of hydrogen-bond donors (Lipinski definition) is 0. The van der Waals surface area contributed by atoms with Crippen molar-refractivity contribution in [2.45, 2.75) is 34.6 Å². The van der Waals surface area contributed by atoms with Crippen LogP contribution < -0.4 is 0 Å². The molecule has 6 aromatic rings. The van der Waals surface area contributed by atoms with E-state index in [1.54, 1.807) is 0 Å². The maximum Gasteiger partial charge on any atom is 0.0711 e. The van der Waals surface area contributed by atoms with Crippen molar-refractivity contribution >= 4 is 33.0 Å². The number of allylic oxidation sites excluding steroid dienone is 6. The van der Waals surface area contributed by atoms with Crippen LogP contribution in [0.3, 0.4) is 0 Å². The molecule has 1 heteroatoms. The van der Waals surface area contributed by atoms with Crippen molar-refractivity contribution in [1.29, 1.82) is 0 Å². The van der Waals surface area contributed by atoms with Crippen LogP contribution in [-0.2, 0) is 0 Å². The predicted molar refractivity (Wildman–Crippen MR) is 210 cm³/mol. The van der Waals surface area contributed by atoms with Gasteiger partial charge in [0.1, 0.15) is 0 Å². The van der Waals surface area contributed by atoms with Gasteiger partial charge in [-0.15, -0.1) is 0 Å². The first-order valence-electron chi connectivity index (χ1n) is 16.8. The standard InChI is InChI=1S/C47H43N/c1-32(2)28-29-40(33(3)4)34(5)30-45(48-35(6)36-18-9-7-10-19-36)38-22-17-23-39(31-38)47-43-26-15-13-24-41(43)46(37-20-11-8-12-21-37)42-25-14-16-27-44(42)47/h7-31,33H,5H2,1-4,6H3/b40-29+,45-30-,48-35+. The first kappa shape index (κ1) is 32.4. The molecule has 1 nitrogen and oxygen atoms in total. The molecule has 6 rings (SSSR count). The van der Waals surface area contributed by atoms with Crippen molar-refractivity contribution in [2.24, 2.45) is 10.9 Å². The van der Waals surface area contributed by atoms with Crippen molar-refractivity contribution in [3.63, 3.8) is 0 Å². The second kappa shape index (κ2) is 14.5. The van der Waals surface area contributed by atoms with Crippen LogP contribution in [0.4, 0.5) is 0 Å². The minimum absolute atomic E-state index is 0.317. The van der Waals surface area contributed by atoms with Crippen LogP contribution in [0.25, 0.3) is 49.5 Å². The quantitative estimate of drug-likeness (QED) is 0.0865. The van der Waals surface area contributed by atoms with Gasteiger partial charge in [0.05, 0.1) is 5.70 Å². The Morgan fingerprint density at radius 1 is 0.562 bits per heavy atom. The third kappa shape index (κ3) is 6.92. The Bertz CT molecular complexity index is 2160. The summed E-state index contributed by atoms with van der Waals surface area (Å²) in [7, 11) is 0. The molecule has 0 unspecified atom stereocenters. The van der Waals surface area contributed by atoms with Gasteiger partial charge in [-0.25, -0.2) is 0 Å². The molecule has 0 atom stereocenters. The second-order valence-corrected chi connectivity index (χ2v) is 12.9. The minimum Gasteiger partial charge on any atom is -0.252 e. The molecule has 0 aliphatic rings. The van der Waals surface area contributed by atoms with E-state index >= 15 is 0 Å². The van der Waals surface area contributed by atoms with E-state index in [9.17, 15) is 0 Å². The molecular formula is C47H43N. The molecular weight excluding hydrogens is 579 g/mol. The summed E-state index contributed by atoms with van der Waals surface area (Å²) in [5, 5.41) is 4.96. The molecule has 6 aromatic carbocycles. The zero-order valence-electron chi connectivity index (χ0n) is 28.7. The Hall–Kier alpha value is -5.53. The highest BCUT2D eigenvalue weighted by molar-refractivity contribution is 6.21. The molecule has 48 heavy (non-hydrogen) atoms. The van der Waals surface area contributed by atoms with Crippen LogP contribution in [0.1, 0.15) is 45.7 Å². The summed E-state index contributed by atoms with van der Waals surface area (Å²) in [5.74, 6) is 0.317. The highest BCUT2D eigenvalue weighted by Crippen LogP contribution is 2.44. The number of rotatable bonds is 9. The fourth-order valence-electron chi connectivity index (χ4n) is 6.47. The van der Waals surface area contributed by atoms with Gasteiger partial charge in [0.15, 0.2) is 0 Å². The first-order chi connectivity index (χ1) is 23.3. The van der Waals surface area contributed by atoms with E-state index in [0.29, 0.717) is 5.92 Å². The van der Waals surface area contributed by atoms with E-state index in [0.717, 1.165) is 33.7 Å². The van der Waals surface area contributed by atoms with Crippen LogP contribution in [-0.4, -0.2) is 5.71 Å². The van der Waals surface area contributed by atoms with Gasteiger partial charge in [-0.1, -0.05) is 166 Å². The smallest absolute Gasteiger partial charge is 0.0711 e. The number of fused-ring (bicyclic) bond motifs is 2. The highest BCUT2D eigenvalue weighted by Gasteiger charge is 2.17. The molecule has 236 valence electrons. The summed E-state index contributed by atoms with van der Waals surface area (Å²) in [5.41, 5.74) is 12.3. The lowest BCUT2D eigenvalue weighted by atomic mass is 9.85. The third-order valence-electron chi connectivity index (χ3n) is 8.82. The fourth-order valence-corrected chi connectivity index (χ4v) is 6.47. The topological polar surface area (TPSA) is 12.4 Å². The van der Waals surface area contributed by atoms with Gasteiger partial charge in [0.2, 0.25) is 0 Å². The van der Waals surface area contributed by atoms with Crippen LogP contribution in [0.15, 0.2) is 180 Å². The van der Waals surface area contributed by atoms with Gasteiger partial charge < -0.3 is 0 Å². The van der Waals surface area contributed by atoms with Gasteiger partial charge in [-0.3, -0.25) is 4.99 Å². The largest absolute Gasteiger partial charge is 0.252 e. The van der Waals surface area contributed by atoms with Crippen molar-refractivity contribution in [3.05, 3.63) is 186 Å². The summed E-state index contributed by atoms with van der Waals surface area (Å²) in [4.78, 5) is 5.28. The SMILES string of the molecule is C=C(/C=C(\N=C(/C)c1ccccc1)c1cccc(-c2c3ccccc3c(-c3ccccc3)c3ccccc23)c1)/C(=C/C=C(C)C)C(C)C. The van der Waals surface area contributed by atoms with Gasteiger partial charge in [0, 0.05) is 11.3 Å². The molecule has 0 aliphatic heterocycles. The Morgan fingerprint density at radius 2 is 1.04 bits per heavy atom. The highest BCUT2D eigenvalue weighted by atomic mass is 14.8. The van der Waals surface area contributed by atoms with Crippen molar-refractivity contribution < 1.29 is 0 Å². The zero-order valence-corrected chi connectivity index (χ0v) is 28.7. The van der Waals surface area contributed by atoms with E-state index in [1.165, 1.54) is 49.4 Å². The van der Waals surface area contributed by atoms with Crippen molar-refractivity contribution in [3.8, 4) is 22.3 Å². The van der Waals surface area contributed by atoms with Crippen molar-refractivity contribution in [1.82, 2.24) is 0 Å². The molecule has 0 saturated heterocycles. The summed E-state index contributed by atoms with van der Waals surface area (Å²) in [6, 6.07) is 47.6. The normalized spacial score (nSPS) is 12.5. The van der Waals surface area contributed by atoms with Crippen LogP contribution in [0.5, 0.6) is 0 Å². The molecule has 0 saturated carbocycles. The maximum absolute atomic E-state index is 5.28. The molecule has 0 bridgehead atoms. The van der Waals surface area contributed by atoms with Gasteiger partial charge in [-0.2, -0.15) is 0 Å². The summed E-state index contributed by atoms with van der Waals surface area (Å²) in [6.07, 6.45) is 6.53. The average Bonchev–Trinajstić information content (AvgIpc) is 3.10. The molecule has 0 amide bonds. The zero-order chi connectivity index (χ0) is 33.6. The summed E-state index contributed by atoms with van der Waals surface area (Å²) in [6.45, 7) is 15.3. The lowest BCUT2D eigenvalue weighted by Crippen LogP contribution is -1.99. The summed E-state index contributed by atoms with van der Waals surface area (Å²) < 4.78 is 0. The summed E-state index contributed by atoms with van der Waals surface area (Å²) >= 11 is 0. The molecule has 0 aromatic heterocycles. The molecule has 0 aliphatic carbocycles. The monoisotopic (exact) mass is 621 g/mol. The number of aliphatic imine (C=N–C) groups is 1. The van der Waals surface area contributed by atoms with Crippen LogP contribution in [0, 0.1) is 5.92 Å². The molecule has 0 fully saturated rings. The molecule has 0 spiro atoms. The Kier molecular flexibility index (Phi) is 9.78. The molecule has 0 radical (unpaired) electrons. The average molecular weight is 622 g/mol. The van der Waals surface area contributed by atoms with Gasteiger partial charge in [-0.05, 0) is 99.3 Å². The van der Waals surface area contributed by atoms with Crippen LogP contribution >= 0.6 is 0 Å². The fraction of sp³-hybridized carbons (Fsp3) is 0.128. The van der Waals surface area contributed by atoms with Crippen molar-refractivity contribution in [2.75, 3.05) is 0 Å². The molecule has 0 N–H and O–H groups in total. The Labute approximate surface area is 286 Å². The predicted octanol–water partition coefficient (Wildman–Crippen LogP) is 13.3. The number of nitrogens with zero attached hydrogens (tertiary/aromatic N) is 1. The lowest BCUT2D eigenvalue weighted by molar-refractivity contribution is 0.784. The first-order valence-corrected chi connectivity index (χ1v) is 16.8. The van der Waals surface area contributed by atoms with Gasteiger partial charge in [0.25, 0.3) is 0 Å². The number of hydrogen-bond acceptors (Lipinski definition) is 1.